The van der Waals surface area contributed by atoms with Gasteiger partial charge in [-0.05, 0) is 70.6 Å². The molecule has 59 heavy (non-hydrogen) atoms. The van der Waals surface area contributed by atoms with Gasteiger partial charge in [-0.25, -0.2) is 0 Å². The van der Waals surface area contributed by atoms with Gasteiger partial charge in [-0.3, -0.25) is 4.79 Å². The lowest BCUT2D eigenvalue weighted by molar-refractivity contribution is -0.302. The van der Waals surface area contributed by atoms with Crippen molar-refractivity contribution in [1.82, 2.24) is 5.32 Å². The number of allylic oxidation sites excluding steroid dienone is 7. The molecule has 1 heterocycles. The van der Waals surface area contributed by atoms with Crippen LogP contribution in [0.2, 0.25) is 0 Å². The number of hydrogen-bond donors (Lipinski definition) is 7. The van der Waals surface area contributed by atoms with Crippen LogP contribution in [0.4, 0.5) is 0 Å². The lowest BCUT2D eigenvalue weighted by Crippen LogP contribution is -2.60. The van der Waals surface area contributed by atoms with Crippen molar-refractivity contribution in [3.63, 3.8) is 0 Å². The molecule has 10 heteroatoms. The Morgan fingerprint density at radius 2 is 1.00 bits per heavy atom. The summed E-state index contributed by atoms with van der Waals surface area (Å²) in [7, 11) is 0. The summed E-state index contributed by atoms with van der Waals surface area (Å²) in [5.74, 6) is -0.637. The number of aliphatic hydroxyl groups excluding tert-OH is 6. The second-order valence-electron chi connectivity index (χ2n) is 16.7. The first kappa shape index (κ1) is 55.1. The first-order valence-corrected chi connectivity index (χ1v) is 24.0. The number of nitrogens with one attached hydrogen (secondary N) is 1. The molecule has 1 amide bonds. The van der Waals surface area contributed by atoms with Gasteiger partial charge in [0.25, 0.3) is 0 Å². The molecule has 1 saturated heterocycles. The second-order valence-corrected chi connectivity index (χ2v) is 16.7. The van der Waals surface area contributed by atoms with Gasteiger partial charge >= 0.3 is 0 Å². The Bertz CT molecular complexity index is 1080. The fourth-order valence-corrected chi connectivity index (χ4v) is 7.25. The lowest BCUT2D eigenvalue weighted by atomic mass is 9.99. The minimum absolute atomic E-state index is 0.292. The van der Waals surface area contributed by atoms with Crippen molar-refractivity contribution in [3.05, 3.63) is 48.6 Å². The minimum atomic E-state index is -1.62. The third-order valence-corrected chi connectivity index (χ3v) is 11.2. The van der Waals surface area contributed by atoms with Crippen molar-refractivity contribution in [3.8, 4) is 0 Å². The van der Waals surface area contributed by atoms with Crippen LogP contribution in [0, 0.1) is 0 Å². The summed E-state index contributed by atoms with van der Waals surface area (Å²) in [4.78, 5) is 13.0. The maximum absolute atomic E-state index is 13.0. The average Bonchev–Trinajstić information content (AvgIpc) is 3.23. The number of amides is 1. The molecular formula is C49H89NO9. The molecule has 1 aliphatic heterocycles. The van der Waals surface area contributed by atoms with Crippen LogP contribution in [-0.2, 0) is 14.3 Å². The van der Waals surface area contributed by atoms with E-state index in [1.54, 1.807) is 6.08 Å². The van der Waals surface area contributed by atoms with E-state index in [4.69, 9.17) is 9.47 Å². The first-order valence-electron chi connectivity index (χ1n) is 24.0. The number of carbonyl (C=O) groups excluding carboxylic acids is 1. The van der Waals surface area contributed by atoms with Crippen molar-refractivity contribution < 1.29 is 44.9 Å². The number of hydrogen-bond acceptors (Lipinski definition) is 9. The first-order chi connectivity index (χ1) is 28.8. The van der Waals surface area contributed by atoms with E-state index in [0.29, 0.717) is 19.3 Å². The molecule has 10 nitrogen and oxygen atoms in total. The van der Waals surface area contributed by atoms with Crippen molar-refractivity contribution in [2.75, 3.05) is 13.2 Å². The summed E-state index contributed by atoms with van der Waals surface area (Å²) in [6.45, 7) is 3.55. The lowest BCUT2D eigenvalue weighted by Gasteiger charge is -2.40. The summed E-state index contributed by atoms with van der Waals surface area (Å²) in [5, 5.41) is 64.6. The van der Waals surface area contributed by atoms with E-state index in [2.05, 4.69) is 55.6 Å². The topological polar surface area (TPSA) is 169 Å². The van der Waals surface area contributed by atoms with Gasteiger partial charge in [0, 0.05) is 0 Å². The Hall–Kier alpha value is -1.89. The maximum atomic E-state index is 13.0. The SMILES string of the molecule is CCCCCC/C=C/CC/C=C/CC/C=C/C(O)C(COC1OC(CO)C(O)C(O)C1O)NC(=O)C(O)CCCCCCCC/C=C\CCCCCCCCCCCC. The van der Waals surface area contributed by atoms with Crippen LogP contribution < -0.4 is 5.32 Å². The number of rotatable bonds is 39. The molecule has 1 rings (SSSR count). The number of ether oxygens (including phenoxy) is 2. The fraction of sp³-hybridized carbons (Fsp3) is 0.816. The van der Waals surface area contributed by atoms with Crippen LogP contribution >= 0.6 is 0 Å². The highest BCUT2D eigenvalue weighted by atomic mass is 16.7. The van der Waals surface area contributed by atoms with E-state index in [1.165, 1.54) is 109 Å². The van der Waals surface area contributed by atoms with E-state index < -0.39 is 61.5 Å². The van der Waals surface area contributed by atoms with E-state index in [-0.39, 0.29) is 6.61 Å². The molecule has 0 saturated carbocycles. The van der Waals surface area contributed by atoms with Gasteiger partial charge in [-0.1, -0.05) is 172 Å². The Morgan fingerprint density at radius 1 is 0.576 bits per heavy atom. The third-order valence-electron chi connectivity index (χ3n) is 11.2. The molecule has 0 bridgehead atoms. The Kier molecular flexibility index (Phi) is 36.4. The van der Waals surface area contributed by atoms with Gasteiger partial charge in [0.1, 0.15) is 30.5 Å². The predicted molar refractivity (Wildman–Crippen MR) is 241 cm³/mol. The third kappa shape index (κ3) is 29.1. The van der Waals surface area contributed by atoms with Crippen molar-refractivity contribution >= 4 is 5.91 Å². The number of unbranched alkanes of at least 4 members (excludes halogenated alkanes) is 22. The fourth-order valence-electron chi connectivity index (χ4n) is 7.25. The minimum Gasteiger partial charge on any atom is -0.394 e. The second kappa shape index (κ2) is 39.0. The standard InChI is InChI=1S/C49H89NO9/c1-3-5-7-9-11-13-15-17-19-20-21-22-23-24-26-28-30-32-34-36-38-43(53)48(57)50-41(40-58-49-47(56)46(55)45(54)44(39-51)59-49)42(52)37-35-33-31-29-27-25-18-16-14-12-10-8-6-4-2/h14,16,22-23,27,29,35,37,41-47,49,51-56H,3-13,15,17-21,24-26,28,30-34,36,38-40H2,1-2H3,(H,50,57)/b16-14+,23-22-,29-27+,37-35+. The van der Waals surface area contributed by atoms with Crippen molar-refractivity contribution in [2.24, 2.45) is 0 Å². The Morgan fingerprint density at radius 3 is 1.49 bits per heavy atom. The zero-order chi connectivity index (χ0) is 43.2. The van der Waals surface area contributed by atoms with Gasteiger partial charge in [-0.2, -0.15) is 0 Å². The molecule has 0 radical (unpaired) electrons. The maximum Gasteiger partial charge on any atom is 0.249 e. The Balaban J connectivity index is 2.41. The highest BCUT2D eigenvalue weighted by Gasteiger charge is 2.44. The quantitative estimate of drug-likeness (QED) is 0.0236. The smallest absolute Gasteiger partial charge is 0.249 e. The molecule has 8 atom stereocenters. The average molecular weight is 836 g/mol. The molecule has 344 valence electrons. The van der Waals surface area contributed by atoms with Crippen LogP contribution in [0.1, 0.15) is 194 Å². The molecule has 0 aromatic rings. The molecule has 1 aliphatic rings. The summed E-state index contributed by atoms with van der Waals surface area (Å²) in [6.07, 6.45) is 39.1. The summed E-state index contributed by atoms with van der Waals surface area (Å²) in [6, 6.07) is -1.01. The monoisotopic (exact) mass is 836 g/mol. The van der Waals surface area contributed by atoms with E-state index in [1.807, 2.05) is 6.08 Å². The Labute approximate surface area is 359 Å². The predicted octanol–water partition coefficient (Wildman–Crippen LogP) is 9.20. The van der Waals surface area contributed by atoms with Crippen LogP contribution in [0.3, 0.4) is 0 Å². The van der Waals surface area contributed by atoms with Gasteiger partial charge < -0.3 is 45.4 Å². The molecule has 8 unspecified atom stereocenters. The molecule has 1 fully saturated rings. The highest BCUT2D eigenvalue weighted by Crippen LogP contribution is 2.22. The molecule has 7 N–H and O–H groups in total. The van der Waals surface area contributed by atoms with E-state index >= 15 is 0 Å². The largest absolute Gasteiger partial charge is 0.394 e. The normalized spacial score (nSPS) is 21.7. The summed E-state index contributed by atoms with van der Waals surface area (Å²) in [5.41, 5.74) is 0. The van der Waals surface area contributed by atoms with E-state index in [0.717, 1.165) is 51.4 Å². The molecule has 0 aliphatic carbocycles. The summed E-state index contributed by atoms with van der Waals surface area (Å²) < 4.78 is 11.1. The van der Waals surface area contributed by atoms with Crippen LogP contribution in [0.25, 0.3) is 0 Å². The van der Waals surface area contributed by atoms with Crippen molar-refractivity contribution in [2.45, 2.75) is 243 Å². The van der Waals surface area contributed by atoms with Crippen LogP contribution in [0.5, 0.6) is 0 Å². The zero-order valence-corrected chi connectivity index (χ0v) is 37.4. The van der Waals surface area contributed by atoms with Gasteiger partial charge in [0.15, 0.2) is 6.29 Å². The van der Waals surface area contributed by atoms with Gasteiger partial charge in [-0.15, -0.1) is 0 Å². The van der Waals surface area contributed by atoms with Gasteiger partial charge in [0.2, 0.25) is 5.91 Å². The van der Waals surface area contributed by atoms with Crippen LogP contribution in [-0.4, -0.2) is 98.7 Å². The molecule has 0 spiro atoms. The molecular weight excluding hydrogens is 747 g/mol. The van der Waals surface area contributed by atoms with E-state index in [9.17, 15) is 35.4 Å². The van der Waals surface area contributed by atoms with Crippen LogP contribution in [0.15, 0.2) is 48.6 Å². The molecule has 0 aromatic heterocycles. The molecule has 0 aromatic carbocycles. The number of aliphatic hydroxyl groups is 6. The highest BCUT2D eigenvalue weighted by molar-refractivity contribution is 5.80. The zero-order valence-electron chi connectivity index (χ0n) is 37.4. The summed E-state index contributed by atoms with van der Waals surface area (Å²) >= 11 is 0. The van der Waals surface area contributed by atoms with Crippen molar-refractivity contribution in [1.29, 1.82) is 0 Å². The van der Waals surface area contributed by atoms with Gasteiger partial charge in [0.05, 0.1) is 25.4 Å². The number of carbonyl (C=O) groups is 1.